The van der Waals surface area contributed by atoms with E-state index >= 15 is 0 Å². The van der Waals surface area contributed by atoms with Crippen molar-refractivity contribution in [1.82, 2.24) is 15.4 Å². The molecule has 1 aromatic carbocycles. The highest BCUT2D eigenvalue weighted by Crippen LogP contribution is 2.14. The Morgan fingerprint density at radius 1 is 1.00 bits per heavy atom. The van der Waals surface area contributed by atoms with Crippen molar-refractivity contribution in [2.24, 2.45) is 0 Å². The smallest absolute Gasteiger partial charge is 0.326 e. The fourth-order valence-electron chi connectivity index (χ4n) is 2.75. The summed E-state index contributed by atoms with van der Waals surface area (Å²) in [6.45, 7) is 3.10. The minimum Gasteiger partial charge on any atom is -0.369 e. The molecule has 1 amide bonds. The lowest BCUT2D eigenvalue weighted by molar-refractivity contribution is -0.191. The molecule has 3 rings (SSSR count). The Bertz CT molecular complexity index is 716. The molecule has 0 spiro atoms. The Morgan fingerprint density at radius 3 is 2.38 bits per heavy atom. The van der Waals surface area contributed by atoms with Crippen molar-refractivity contribution in [3.8, 4) is 0 Å². The van der Waals surface area contributed by atoms with Crippen LogP contribution in [0.3, 0.4) is 0 Å². The molecular weight excluding hydrogens is 332 g/mol. The van der Waals surface area contributed by atoms with E-state index in [0.717, 1.165) is 18.8 Å². The summed E-state index contributed by atoms with van der Waals surface area (Å²) in [5.74, 6) is -0.528. The molecule has 136 valence electrons. The molecule has 1 aromatic heterocycles. The van der Waals surface area contributed by atoms with Crippen LogP contribution in [0.2, 0.25) is 0 Å². The van der Waals surface area contributed by atoms with Crippen molar-refractivity contribution in [3.05, 3.63) is 60.4 Å². The third-order valence-electron chi connectivity index (χ3n) is 4.15. The molecule has 1 fully saturated rings. The van der Waals surface area contributed by atoms with E-state index in [-0.39, 0.29) is 24.8 Å². The molecule has 0 aliphatic carbocycles. The third kappa shape index (κ3) is 5.03. The van der Waals surface area contributed by atoms with Crippen LogP contribution in [0.1, 0.15) is 16.8 Å². The standard InChI is InChI=1S/C19H22N4O3/c24-18(8-11-21-19(25)16-4-2-1-3-5-16)26-23-14-12-22(13-15-23)17-6-9-20-10-7-17/h1-7,9-10H,8,11-15H2,(H,21,25). The van der Waals surface area contributed by atoms with Gasteiger partial charge in [0.1, 0.15) is 0 Å². The molecule has 1 N–H and O–H groups in total. The van der Waals surface area contributed by atoms with Crippen LogP contribution in [0.4, 0.5) is 5.69 Å². The number of piperazine rings is 1. The van der Waals surface area contributed by atoms with Crippen molar-refractivity contribution in [2.75, 3.05) is 37.6 Å². The third-order valence-corrected chi connectivity index (χ3v) is 4.15. The summed E-state index contributed by atoms with van der Waals surface area (Å²) in [6, 6.07) is 12.9. The Morgan fingerprint density at radius 2 is 1.69 bits per heavy atom. The van der Waals surface area contributed by atoms with Crippen molar-refractivity contribution in [3.63, 3.8) is 0 Å². The van der Waals surface area contributed by atoms with Crippen LogP contribution in [-0.2, 0) is 9.63 Å². The number of benzene rings is 1. The van der Waals surface area contributed by atoms with Crippen LogP contribution in [0.15, 0.2) is 54.9 Å². The van der Waals surface area contributed by atoms with Gasteiger partial charge in [0.15, 0.2) is 0 Å². The van der Waals surface area contributed by atoms with Gasteiger partial charge in [0.2, 0.25) is 0 Å². The van der Waals surface area contributed by atoms with E-state index in [9.17, 15) is 9.59 Å². The van der Waals surface area contributed by atoms with Crippen LogP contribution in [0, 0.1) is 0 Å². The van der Waals surface area contributed by atoms with Crippen LogP contribution in [0.25, 0.3) is 0 Å². The number of anilines is 1. The Hall–Kier alpha value is -2.93. The fraction of sp³-hybridized carbons (Fsp3) is 0.316. The van der Waals surface area contributed by atoms with Gasteiger partial charge in [0.25, 0.3) is 5.91 Å². The molecule has 0 unspecified atom stereocenters. The maximum Gasteiger partial charge on any atom is 0.326 e. The van der Waals surface area contributed by atoms with Gasteiger partial charge in [0.05, 0.1) is 19.5 Å². The maximum absolute atomic E-state index is 11.9. The molecule has 0 atom stereocenters. The zero-order valence-corrected chi connectivity index (χ0v) is 14.5. The number of carbonyl (C=O) groups excluding carboxylic acids is 2. The Balaban J connectivity index is 1.35. The van der Waals surface area contributed by atoms with E-state index in [1.807, 2.05) is 18.2 Å². The van der Waals surface area contributed by atoms with E-state index in [1.54, 1.807) is 41.7 Å². The van der Waals surface area contributed by atoms with E-state index < -0.39 is 0 Å². The molecule has 7 nitrogen and oxygen atoms in total. The van der Waals surface area contributed by atoms with E-state index in [1.165, 1.54) is 0 Å². The summed E-state index contributed by atoms with van der Waals surface area (Å²) >= 11 is 0. The first-order chi connectivity index (χ1) is 12.7. The molecular formula is C19H22N4O3. The molecule has 0 bridgehead atoms. The zero-order chi connectivity index (χ0) is 18.2. The van der Waals surface area contributed by atoms with Gasteiger partial charge in [-0.05, 0) is 24.3 Å². The zero-order valence-electron chi connectivity index (χ0n) is 14.5. The van der Waals surface area contributed by atoms with Gasteiger partial charge in [-0.1, -0.05) is 18.2 Å². The lowest BCUT2D eigenvalue weighted by Gasteiger charge is -2.34. The molecule has 26 heavy (non-hydrogen) atoms. The normalized spacial score (nSPS) is 14.7. The Kier molecular flexibility index (Phi) is 6.16. The number of pyridine rings is 1. The number of nitrogens with zero attached hydrogens (tertiary/aromatic N) is 3. The highest BCUT2D eigenvalue weighted by Gasteiger charge is 2.20. The summed E-state index contributed by atoms with van der Waals surface area (Å²) in [7, 11) is 0. The summed E-state index contributed by atoms with van der Waals surface area (Å²) < 4.78 is 0. The number of carbonyl (C=O) groups is 2. The number of hydrogen-bond acceptors (Lipinski definition) is 6. The van der Waals surface area contributed by atoms with E-state index in [0.29, 0.717) is 18.7 Å². The summed E-state index contributed by atoms with van der Waals surface area (Å²) in [4.78, 5) is 35.5. The first-order valence-corrected chi connectivity index (χ1v) is 8.66. The van der Waals surface area contributed by atoms with Gasteiger partial charge in [-0.3, -0.25) is 14.6 Å². The molecule has 2 heterocycles. The lowest BCUT2D eigenvalue weighted by Crippen LogP contribution is -2.47. The second-order valence-electron chi connectivity index (χ2n) is 5.96. The highest BCUT2D eigenvalue weighted by molar-refractivity contribution is 5.94. The van der Waals surface area contributed by atoms with Gasteiger partial charge in [-0.2, -0.15) is 0 Å². The lowest BCUT2D eigenvalue weighted by atomic mass is 10.2. The molecule has 0 saturated carbocycles. The second-order valence-corrected chi connectivity index (χ2v) is 5.96. The molecule has 0 radical (unpaired) electrons. The predicted octanol–water partition coefficient (Wildman–Crippen LogP) is 1.48. The highest BCUT2D eigenvalue weighted by atomic mass is 16.7. The SMILES string of the molecule is O=C(CCNC(=O)c1ccccc1)ON1CCN(c2ccncc2)CC1. The average molecular weight is 354 g/mol. The number of rotatable bonds is 6. The van der Waals surface area contributed by atoms with Gasteiger partial charge in [-0.15, -0.1) is 5.06 Å². The number of aromatic nitrogens is 1. The average Bonchev–Trinajstić information content (AvgIpc) is 2.70. The second kappa shape index (κ2) is 8.96. The van der Waals surface area contributed by atoms with Crippen molar-refractivity contribution >= 4 is 17.6 Å². The van der Waals surface area contributed by atoms with Crippen LogP contribution >= 0.6 is 0 Å². The largest absolute Gasteiger partial charge is 0.369 e. The number of amides is 1. The molecule has 7 heteroatoms. The summed E-state index contributed by atoms with van der Waals surface area (Å²) in [5.41, 5.74) is 1.70. The molecule has 2 aromatic rings. The molecule has 1 aliphatic rings. The minimum atomic E-state index is -0.337. The topological polar surface area (TPSA) is 74.8 Å². The molecule has 1 saturated heterocycles. The first kappa shape index (κ1) is 17.9. The van der Waals surface area contributed by atoms with Gasteiger partial charge < -0.3 is 15.1 Å². The summed E-state index contributed by atoms with van der Waals surface area (Å²) in [5, 5.41) is 4.40. The van der Waals surface area contributed by atoms with Crippen LogP contribution in [-0.4, -0.2) is 54.6 Å². The van der Waals surface area contributed by atoms with Gasteiger partial charge in [-0.25, -0.2) is 0 Å². The molecule has 1 aliphatic heterocycles. The number of nitrogens with one attached hydrogen (secondary N) is 1. The monoisotopic (exact) mass is 354 g/mol. The quantitative estimate of drug-likeness (QED) is 0.847. The first-order valence-electron chi connectivity index (χ1n) is 8.66. The fourth-order valence-corrected chi connectivity index (χ4v) is 2.75. The van der Waals surface area contributed by atoms with Crippen molar-refractivity contribution in [1.29, 1.82) is 0 Å². The van der Waals surface area contributed by atoms with E-state index in [4.69, 9.17) is 4.84 Å². The maximum atomic E-state index is 11.9. The van der Waals surface area contributed by atoms with Crippen LogP contribution < -0.4 is 10.2 Å². The van der Waals surface area contributed by atoms with Crippen molar-refractivity contribution < 1.29 is 14.4 Å². The van der Waals surface area contributed by atoms with Gasteiger partial charge >= 0.3 is 5.97 Å². The summed E-state index contributed by atoms with van der Waals surface area (Å²) in [6.07, 6.45) is 3.68. The van der Waals surface area contributed by atoms with Gasteiger partial charge in [0, 0.05) is 43.3 Å². The Labute approximate surface area is 152 Å². The minimum absolute atomic E-state index is 0.142. The van der Waals surface area contributed by atoms with Crippen molar-refractivity contribution in [2.45, 2.75) is 6.42 Å². The van der Waals surface area contributed by atoms with E-state index in [2.05, 4.69) is 15.2 Å². The van der Waals surface area contributed by atoms with Crippen LogP contribution in [0.5, 0.6) is 0 Å². The number of hydrogen-bond donors (Lipinski definition) is 1. The number of hydroxylamine groups is 2. The predicted molar refractivity (Wildman–Crippen MR) is 97.5 cm³/mol.